The predicted molar refractivity (Wildman–Crippen MR) is 80.8 cm³/mol. The van der Waals surface area contributed by atoms with Gasteiger partial charge in [-0.3, -0.25) is 0 Å². The van der Waals surface area contributed by atoms with Gasteiger partial charge in [-0.15, -0.1) is 5.10 Å². The Morgan fingerprint density at radius 1 is 1.20 bits per heavy atom. The molecule has 3 rings (SSSR count). The molecule has 3 aromatic rings. The second-order valence-corrected chi connectivity index (χ2v) is 5.47. The molecule has 0 saturated heterocycles. The molecule has 20 heavy (non-hydrogen) atoms. The number of fused-ring (bicyclic) bond motifs is 1. The van der Waals surface area contributed by atoms with Crippen LogP contribution in [-0.2, 0) is 6.54 Å². The number of benzene rings is 1. The fourth-order valence-corrected chi connectivity index (χ4v) is 2.40. The van der Waals surface area contributed by atoms with Crippen LogP contribution in [0.25, 0.3) is 16.9 Å². The van der Waals surface area contributed by atoms with Gasteiger partial charge in [0.2, 0.25) is 0 Å². The van der Waals surface area contributed by atoms with E-state index in [1.807, 2.05) is 44.2 Å². The summed E-state index contributed by atoms with van der Waals surface area (Å²) in [5, 5.41) is 8.69. The molecule has 5 nitrogen and oxygen atoms in total. The summed E-state index contributed by atoms with van der Waals surface area (Å²) in [4.78, 5) is 12.1. The van der Waals surface area contributed by atoms with E-state index in [4.69, 9.17) is 0 Å². The van der Waals surface area contributed by atoms with Crippen LogP contribution in [0.15, 0.2) is 39.6 Å². The Kier molecular flexibility index (Phi) is 3.17. The van der Waals surface area contributed by atoms with Crippen LogP contribution in [0, 0.1) is 6.92 Å². The van der Waals surface area contributed by atoms with Gasteiger partial charge in [-0.25, -0.2) is 9.48 Å². The van der Waals surface area contributed by atoms with Gasteiger partial charge in [0, 0.05) is 16.6 Å². The molecule has 102 valence electrons. The summed E-state index contributed by atoms with van der Waals surface area (Å²) in [5.74, 6) is 0. The van der Waals surface area contributed by atoms with Crippen LogP contribution in [0.1, 0.15) is 12.5 Å². The molecule has 6 heteroatoms. The van der Waals surface area contributed by atoms with Gasteiger partial charge in [-0.1, -0.05) is 28.1 Å². The molecule has 0 aliphatic heterocycles. The zero-order valence-corrected chi connectivity index (χ0v) is 12.8. The van der Waals surface area contributed by atoms with E-state index in [1.54, 1.807) is 0 Å². The summed E-state index contributed by atoms with van der Waals surface area (Å²) in [7, 11) is 0. The molecular weight excluding hydrogens is 320 g/mol. The minimum absolute atomic E-state index is 0.208. The third kappa shape index (κ3) is 2.06. The van der Waals surface area contributed by atoms with Crippen LogP contribution < -0.4 is 5.69 Å². The van der Waals surface area contributed by atoms with Crippen molar-refractivity contribution in [3.05, 3.63) is 50.9 Å². The highest BCUT2D eigenvalue weighted by atomic mass is 79.9. The maximum Gasteiger partial charge on any atom is 0.367 e. The first kappa shape index (κ1) is 13.1. The summed E-state index contributed by atoms with van der Waals surface area (Å²) in [6.45, 7) is 4.39. The van der Waals surface area contributed by atoms with Crippen molar-refractivity contribution in [1.29, 1.82) is 0 Å². The lowest BCUT2D eigenvalue weighted by Crippen LogP contribution is -2.21. The van der Waals surface area contributed by atoms with Gasteiger partial charge in [0.15, 0.2) is 5.65 Å². The first-order valence-electron chi connectivity index (χ1n) is 6.33. The van der Waals surface area contributed by atoms with Crippen molar-refractivity contribution in [3.8, 4) is 11.3 Å². The lowest BCUT2D eigenvalue weighted by molar-refractivity contribution is 0.627. The average Bonchev–Trinajstić information content (AvgIpc) is 2.75. The van der Waals surface area contributed by atoms with Crippen molar-refractivity contribution < 1.29 is 0 Å². The normalized spacial score (nSPS) is 11.2. The van der Waals surface area contributed by atoms with Crippen LogP contribution in [0.2, 0.25) is 0 Å². The van der Waals surface area contributed by atoms with Gasteiger partial charge >= 0.3 is 5.69 Å². The number of aryl methyl sites for hydroxylation is 2. The van der Waals surface area contributed by atoms with Crippen LogP contribution in [0.4, 0.5) is 0 Å². The van der Waals surface area contributed by atoms with Crippen LogP contribution in [0.5, 0.6) is 0 Å². The number of halogens is 1. The Morgan fingerprint density at radius 3 is 2.55 bits per heavy atom. The number of aromatic nitrogens is 4. The molecule has 0 unspecified atom stereocenters. The third-order valence-electron chi connectivity index (χ3n) is 3.18. The zero-order chi connectivity index (χ0) is 14.3. The average molecular weight is 333 g/mol. The number of hydrogen-bond donors (Lipinski definition) is 0. The molecule has 0 bridgehead atoms. The molecule has 0 spiro atoms. The summed E-state index contributed by atoms with van der Waals surface area (Å²) < 4.78 is 3.78. The second kappa shape index (κ2) is 4.86. The highest BCUT2D eigenvalue weighted by Crippen LogP contribution is 2.23. The molecule has 0 radical (unpaired) electrons. The summed E-state index contributed by atoms with van der Waals surface area (Å²) in [6.07, 6.45) is 0. The highest BCUT2D eigenvalue weighted by Gasteiger charge is 2.11. The molecule has 2 heterocycles. The molecule has 0 fully saturated rings. The molecule has 1 aromatic carbocycles. The van der Waals surface area contributed by atoms with Crippen molar-refractivity contribution in [1.82, 2.24) is 19.4 Å². The van der Waals surface area contributed by atoms with Gasteiger partial charge in [-0.2, -0.15) is 9.61 Å². The zero-order valence-electron chi connectivity index (χ0n) is 11.2. The summed E-state index contributed by atoms with van der Waals surface area (Å²) in [6, 6.07) is 9.75. The van der Waals surface area contributed by atoms with Crippen molar-refractivity contribution in [2.75, 3.05) is 0 Å². The van der Waals surface area contributed by atoms with E-state index >= 15 is 0 Å². The van der Waals surface area contributed by atoms with Gasteiger partial charge in [0.1, 0.15) is 0 Å². The Labute approximate surface area is 124 Å². The van der Waals surface area contributed by atoms with Gasteiger partial charge in [0.05, 0.1) is 5.69 Å². The number of hydrogen-bond acceptors (Lipinski definition) is 3. The van der Waals surface area contributed by atoms with Crippen molar-refractivity contribution in [2.45, 2.75) is 20.4 Å². The molecule has 0 amide bonds. The van der Waals surface area contributed by atoms with Crippen molar-refractivity contribution in [3.63, 3.8) is 0 Å². The lowest BCUT2D eigenvalue weighted by Gasteiger charge is -2.05. The minimum Gasteiger partial charge on any atom is -0.244 e. The topological polar surface area (TPSA) is 52.2 Å². The fraction of sp³-hybridized carbons (Fsp3) is 0.214. The summed E-state index contributed by atoms with van der Waals surface area (Å²) in [5.41, 5.74) is 3.13. The highest BCUT2D eigenvalue weighted by molar-refractivity contribution is 9.10. The molecule has 2 aromatic heterocycles. The quantitative estimate of drug-likeness (QED) is 0.724. The summed E-state index contributed by atoms with van der Waals surface area (Å²) >= 11 is 3.41. The fourth-order valence-electron chi connectivity index (χ4n) is 2.14. The SMILES string of the molecule is CCn1nc2cc(C)c(-c3ccc(Br)cc3)nn2c1=O. The Bertz CT molecular complexity index is 833. The molecule has 0 aliphatic rings. The second-order valence-electron chi connectivity index (χ2n) is 4.55. The standard InChI is InChI=1S/C14H13BrN4O/c1-3-18-14(20)19-12(16-18)8-9(2)13(17-19)10-4-6-11(15)7-5-10/h4-8H,3H2,1-2H3. The van der Waals surface area contributed by atoms with E-state index in [0.717, 1.165) is 21.3 Å². The number of rotatable bonds is 2. The minimum atomic E-state index is -0.208. The largest absolute Gasteiger partial charge is 0.367 e. The lowest BCUT2D eigenvalue weighted by atomic mass is 10.1. The Morgan fingerprint density at radius 2 is 1.90 bits per heavy atom. The molecular formula is C14H13BrN4O. The number of nitrogens with zero attached hydrogens (tertiary/aromatic N) is 4. The van der Waals surface area contributed by atoms with E-state index in [2.05, 4.69) is 26.1 Å². The monoisotopic (exact) mass is 332 g/mol. The predicted octanol–water partition coefficient (Wildman–Crippen LogP) is 2.65. The Balaban J connectivity index is 2.26. The maximum absolute atomic E-state index is 12.1. The van der Waals surface area contributed by atoms with Crippen LogP contribution in [0.3, 0.4) is 0 Å². The Hall–Kier alpha value is -1.95. The maximum atomic E-state index is 12.1. The molecule has 0 atom stereocenters. The van der Waals surface area contributed by atoms with Crippen LogP contribution >= 0.6 is 15.9 Å². The van der Waals surface area contributed by atoms with Gasteiger partial charge < -0.3 is 0 Å². The van der Waals surface area contributed by atoms with E-state index in [1.165, 1.54) is 9.20 Å². The van der Waals surface area contributed by atoms with Gasteiger partial charge in [-0.05, 0) is 37.6 Å². The van der Waals surface area contributed by atoms with E-state index in [-0.39, 0.29) is 5.69 Å². The molecule has 0 aliphatic carbocycles. The third-order valence-corrected chi connectivity index (χ3v) is 3.71. The van der Waals surface area contributed by atoms with Crippen LogP contribution in [-0.4, -0.2) is 19.4 Å². The molecule has 0 saturated carbocycles. The molecule has 0 N–H and O–H groups in total. The van der Waals surface area contributed by atoms with Crippen molar-refractivity contribution in [2.24, 2.45) is 0 Å². The van der Waals surface area contributed by atoms with Gasteiger partial charge in [0.25, 0.3) is 0 Å². The first-order chi connectivity index (χ1) is 9.60. The van der Waals surface area contributed by atoms with E-state index < -0.39 is 0 Å². The van der Waals surface area contributed by atoms with Crippen molar-refractivity contribution >= 4 is 21.6 Å². The van der Waals surface area contributed by atoms with E-state index in [0.29, 0.717) is 12.2 Å². The smallest absolute Gasteiger partial charge is 0.244 e. The van der Waals surface area contributed by atoms with E-state index in [9.17, 15) is 4.79 Å². The first-order valence-corrected chi connectivity index (χ1v) is 7.13.